The van der Waals surface area contributed by atoms with Crippen molar-refractivity contribution in [3.8, 4) is 11.4 Å². The first-order chi connectivity index (χ1) is 12.2. The number of furan rings is 1. The van der Waals surface area contributed by atoms with Gasteiger partial charge >= 0.3 is 0 Å². The molecule has 0 unspecified atom stereocenters. The van der Waals surface area contributed by atoms with Crippen molar-refractivity contribution in [3.05, 3.63) is 64.8 Å². The molecule has 0 saturated heterocycles. The number of halogens is 2. The highest BCUT2D eigenvalue weighted by molar-refractivity contribution is 9.10. The van der Waals surface area contributed by atoms with Crippen molar-refractivity contribution in [2.24, 2.45) is 0 Å². The monoisotopic (exact) mass is 401 g/mol. The summed E-state index contributed by atoms with van der Waals surface area (Å²) >= 11 is 3.28. The molecule has 0 aliphatic carbocycles. The van der Waals surface area contributed by atoms with Gasteiger partial charge in [0.1, 0.15) is 17.4 Å². The SMILES string of the molecule is Fc1ccccc1-c1nnc2ccc(NCCc3ccc(Br)o3)nn12. The summed E-state index contributed by atoms with van der Waals surface area (Å²) in [4.78, 5) is 0. The van der Waals surface area contributed by atoms with Crippen LogP contribution >= 0.6 is 15.9 Å². The highest BCUT2D eigenvalue weighted by atomic mass is 79.9. The van der Waals surface area contributed by atoms with Gasteiger partial charge < -0.3 is 9.73 Å². The predicted molar refractivity (Wildman–Crippen MR) is 94.8 cm³/mol. The van der Waals surface area contributed by atoms with Crippen LogP contribution in [-0.2, 0) is 6.42 Å². The minimum Gasteiger partial charge on any atom is -0.454 e. The standard InChI is InChI=1S/C17H13BrFN5O/c18-14-6-5-11(25-14)9-10-20-15-7-8-16-21-22-17(24(16)23-15)12-3-1-2-4-13(12)19/h1-8H,9-10H2,(H,20,23). The van der Waals surface area contributed by atoms with E-state index in [2.05, 4.69) is 36.5 Å². The van der Waals surface area contributed by atoms with Crippen molar-refractivity contribution in [1.29, 1.82) is 0 Å². The van der Waals surface area contributed by atoms with Crippen molar-refractivity contribution in [2.75, 3.05) is 11.9 Å². The van der Waals surface area contributed by atoms with Crippen LogP contribution in [-0.4, -0.2) is 26.4 Å². The third kappa shape index (κ3) is 3.25. The number of benzene rings is 1. The maximum absolute atomic E-state index is 14.0. The zero-order chi connectivity index (χ0) is 17.2. The summed E-state index contributed by atoms with van der Waals surface area (Å²) < 4.78 is 21.7. The smallest absolute Gasteiger partial charge is 0.188 e. The highest BCUT2D eigenvalue weighted by Gasteiger charge is 2.13. The molecule has 126 valence electrons. The van der Waals surface area contributed by atoms with Crippen LogP contribution in [0.3, 0.4) is 0 Å². The minimum atomic E-state index is -0.361. The Morgan fingerprint density at radius 3 is 2.76 bits per heavy atom. The second-order valence-electron chi connectivity index (χ2n) is 5.37. The van der Waals surface area contributed by atoms with E-state index in [1.807, 2.05) is 18.2 Å². The van der Waals surface area contributed by atoms with Gasteiger partial charge in [0.25, 0.3) is 0 Å². The number of hydrogen-bond donors (Lipinski definition) is 1. The molecule has 0 aliphatic rings. The van der Waals surface area contributed by atoms with Crippen LogP contribution in [0.15, 0.2) is 57.6 Å². The van der Waals surface area contributed by atoms with Crippen molar-refractivity contribution in [2.45, 2.75) is 6.42 Å². The quantitative estimate of drug-likeness (QED) is 0.548. The van der Waals surface area contributed by atoms with E-state index in [0.717, 1.165) is 5.76 Å². The number of anilines is 1. The summed E-state index contributed by atoms with van der Waals surface area (Å²) in [6.07, 6.45) is 0.716. The van der Waals surface area contributed by atoms with E-state index in [9.17, 15) is 4.39 Å². The Morgan fingerprint density at radius 2 is 1.96 bits per heavy atom. The van der Waals surface area contributed by atoms with Gasteiger partial charge in [0.2, 0.25) is 0 Å². The fourth-order valence-electron chi connectivity index (χ4n) is 2.49. The Morgan fingerprint density at radius 1 is 1.08 bits per heavy atom. The molecule has 3 aromatic heterocycles. The van der Waals surface area contributed by atoms with Crippen LogP contribution in [0.1, 0.15) is 5.76 Å². The molecule has 1 N–H and O–H groups in total. The molecule has 8 heteroatoms. The van der Waals surface area contributed by atoms with Crippen LogP contribution in [0.2, 0.25) is 0 Å². The lowest BCUT2D eigenvalue weighted by molar-refractivity contribution is 0.491. The molecule has 0 bridgehead atoms. The number of nitrogens with one attached hydrogen (secondary N) is 1. The van der Waals surface area contributed by atoms with Crippen molar-refractivity contribution < 1.29 is 8.81 Å². The summed E-state index contributed by atoms with van der Waals surface area (Å²) in [5.74, 6) is 1.53. The number of fused-ring (bicyclic) bond motifs is 1. The molecule has 0 aliphatic heterocycles. The van der Waals surface area contributed by atoms with E-state index in [1.54, 1.807) is 24.3 Å². The zero-order valence-corrected chi connectivity index (χ0v) is 14.6. The van der Waals surface area contributed by atoms with Gasteiger partial charge in [-0.25, -0.2) is 4.39 Å². The minimum absolute atomic E-state index is 0.361. The second-order valence-corrected chi connectivity index (χ2v) is 6.16. The largest absolute Gasteiger partial charge is 0.454 e. The molecule has 6 nitrogen and oxygen atoms in total. The third-order valence-electron chi connectivity index (χ3n) is 3.68. The van der Waals surface area contributed by atoms with Crippen LogP contribution in [0.5, 0.6) is 0 Å². The maximum Gasteiger partial charge on any atom is 0.188 e. The van der Waals surface area contributed by atoms with Crippen LogP contribution < -0.4 is 5.32 Å². The number of hydrogen-bond acceptors (Lipinski definition) is 5. The Bertz CT molecular complexity index is 1030. The number of nitrogens with zero attached hydrogens (tertiary/aromatic N) is 4. The maximum atomic E-state index is 14.0. The summed E-state index contributed by atoms with van der Waals surface area (Å²) in [5, 5.41) is 15.8. The van der Waals surface area contributed by atoms with Gasteiger partial charge in [0, 0.05) is 13.0 Å². The normalized spacial score (nSPS) is 11.1. The number of aromatic nitrogens is 4. The molecular formula is C17H13BrFN5O. The van der Waals surface area contributed by atoms with Gasteiger partial charge in [-0.1, -0.05) is 12.1 Å². The summed E-state index contributed by atoms with van der Waals surface area (Å²) in [6, 6.07) is 13.8. The molecule has 4 rings (SSSR count). The van der Waals surface area contributed by atoms with E-state index >= 15 is 0 Å². The first-order valence-corrected chi connectivity index (χ1v) is 8.45. The fraction of sp³-hybridized carbons (Fsp3) is 0.118. The fourth-order valence-corrected chi connectivity index (χ4v) is 2.83. The van der Waals surface area contributed by atoms with E-state index in [-0.39, 0.29) is 5.82 Å². The van der Waals surface area contributed by atoms with Crippen LogP contribution in [0.25, 0.3) is 17.0 Å². The molecule has 3 heterocycles. The lowest BCUT2D eigenvalue weighted by atomic mass is 10.2. The Labute approximate surface area is 150 Å². The lowest BCUT2D eigenvalue weighted by Gasteiger charge is -2.06. The molecule has 0 spiro atoms. The average molecular weight is 402 g/mol. The van der Waals surface area contributed by atoms with Crippen molar-refractivity contribution in [3.63, 3.8) is 0 Å². The Kier molecular flexibility index (Phi) is 4.19. The van der Waals surface area contributed by atoms with E-state index in [4.69, 9.17) is 4.42 Å². The first kappa shape index (κ1) is 15.8. The zero-order valence-electron chi connectivity index (χ0n) is 13.0. The summed E-state index contributed by atoms with van der Waals surface area (Å²) in [7, 11) is 0. The number of rotatable bonds is 5. The summed E-state index contributed by atoms with van der Waals surface area (Å²) in [5.41, 5.74) is 0.916. The molecule has 0 radical (unpaired) electrons. The average Bonchev–Trinajstić information content (AvgIpc) is 3.21. The Balaban J connectivity index is 1.57. The van der Waals surface area contributed by atoms with Gasteiger partial charge in [-0.2, -0.15) is 4.52 Å². The van der Waals surface area contributed by atoms with E-state index < -0.39 is 0 Å². The van der Waals surface area contributed by atoms with Crippen LogP contribution in [0.4, 0.5) is 10.2 Å². The topological polar surface area (TPSA) is 68.2 Å². The van der Waals surface area contributed by atoms with Gasteiger partial charge in [-0.3, -0.25) is 0 Å². The molecule has 0 amide bonds. The predicted octanol–water partition coefficient (Wildman–Crippen LogP) is 3.94. The third-order valence-corrected chi connectivity index (χ3v) is 4.11. The Hall–Kier alpha value is -2.74. The van der Waals surface area contributed by atoms with E-state index in [1.165, 1.54) is 10.6 Å². The molecule has 0 atom stereocenters. The molecule has 0 fully saturated rings. The molecule has 1 aromatic carbocycles. The molecular weight excluding hydrogens is 389 g/mol. The van der Waals surface area contributed by atoms with Crippen molar-refractivity contribution in [1.82, 2.24) is 19.8 Å². The lowest BCUT2D eigenvalue weighted by Crippen LogP contribution is -2.08. The molecule has 4 aromatic rings. The van der Waals surface area contributed by atoms with Gasteiger partial charge in [0.05, 0.1) is 5.56 Å². The molecule has 25 heavy (non-hydrogen) atoms. The van der Waals surface area contributed by atoms with Gasteiger partial charge in [0.15, 0.2) is 16.1 Å². The first-order valence-electron chi connectivity index (χ1n) is 7.66. The van der Waals surface area contributed by atoms with Gasteiger partial charge in [-0.15, -0.1) is 15.3 Å². The van der Waals surface area contributed by atoms with Crippen molar-refractivity contribution >= 4 is 27.4 Å². The highest BCUT2D eigenvalue weighted by Crippen LogP contribution is 2.21. The summed E-state index contributed by atoms with van der Waals surface area (Å²) in [6.45, 7) is 0.648. The van der Waals surface area contributed by atoms with E-state index in [0.29, 0.717) is 40.5 Å². The molecule has 0 saturated carbocycles. The second kappa shape index (κ2) is 6.64. The van der Waals surface area contributed by atoms with Crippen LogP contribution in [0, 0.1) is 5.82 Å². The van der Waals surface area contributed by atoms with Gasteiger partial charge in [-0.05, 0) is 52.3 Å².